The smallest absolute Gasteiger partial charge is 0.408 e. The number of hydrogen-bond donors (Lipinski definition) is 3. The number of rotatable bonds is 6. The van der Waals surface area contributed by atoms with Crippen LogP contribution in [0.25, 0.3) is 10.8 Å². The van der Waals surface area contributed by atoms with E-state index in [0.717, 1.165) is 17.2 Å². The summed E-state index contributed by atoms with van der Waals surface area (Å²) in [6.45, 7) is 5.19. The van der Waals surface area contributed by atoms with Gasteiger partial charge in [-0.1, -0.05) is 30.4 Å². The number of alkyl carbamates (subject to hydrolysis) is 1. The number of sulfonamides is 1. The summed E-state index contributed by atoms with van der Waals surface area (Å²) < 4.78 is 39.5. The van der Waals surface area contributed by atoms with Gasteiger partial charge in [0.1, 0.15) is 29.3 Å². The molecule has 2 aromatic rings. The summed E-state index contributed by atoms with van der Waals surface area (Å²) in [7, 11) is -3.87. The van der Waals surface area contributed by atoms with Crippen LogP contribution in [0.1, 0.15) is 59.3 Å². The Kier molecular flexibility index (Phi) is 9.86. The average molecular weight is 714 g/mol. The third-order valence-corrected chi connectivity index (χ3v) is 12.0. The summed E-state index contributed by atoms with van der Waals surface area (Å²) in [4.78, 5) is 60.8. The van der Waals surface area contributed by atoms with Crippen LogP contribution in [0.3, 0.4) is 0 Å². The number of ether oxygens (including phenoxy) is 2. The molecule has 1 saturated heterocycles. The molecule has 4 amide bonds. The number of nitrogens with zero attached hydrogens (tertiary/aromatic N) is 2. The topological polar surface area (TPSA) is 173 Å². The summed E-state index contributed by atoms with van der Waals surface area (Å²) in [5.74, 6) is -1.01. The zero-order chi connectivity index (χ0) is 35.0. The number of hydrogen-bond acceptors (Lipinski definition) is 10. The van der Waals surface area contributed by atoms with Crippen molar-refractivity contribution >= 4 is 56.4 Å². The summed E-state index contributed by atoms with van der Waals surface area (Å²) in [6, 6.07) is 7.33. The summed E-state index contributed by atoms with van der Waals surface area (Å²) in [5, 5.41) is 6.64. The van der Waals surface area contributed by atoms with Crippen molar-refractivity contribution in [2.24, 2.45) is 5.92 Å². The number of pyridine rings is 1. The van der Waals surface area contributed by atoms with Crippen LogP contribution in [-0.2, 0) is 29.1 Å². The van der Waals surface area contributed by atoms with Crippen LogP contribution >= 0.6 is 11.8 Å². The van der Waals surface area contributed by atoms with Crippen LogP contribution in [0, 0.1) is 5.92 Å². The monoisotopic (exact) mass is 713 g/mol. The van der Waals surface area contributed by atoms with Gasteiger partial charge in [-0.05, 0) is 76.1 Å². The summed E-state index contributed by atoms with van der Waals surface area (Å²) >= 11 is 1.50. The number of benzene rings is 1. The molecule has 6 rings (SSSR count). The Morgan fingerprint density at radius 1 is 1.14 bits per heavy atom. The predicted molar refractivity (Wildman–Crippen MR) is 184 cm³/mol. The van der Waals surface area contributed by atoms with Crippen LogP contribution in [0.2, 0.25) is 0 Å². The lowest BCUT2D eigenvalue weighted by molar-refractivity contribution is -0.140. The van der Waals surface area contributed by atoms with Gasteiger partial charge in [0.25, 0.3) is 5.91 Å². The van der Waals surface area contributed by atoms with E-state index in [1.165, 1.54) is 16.7 Å². The highest BCUT2D eigenvalue weighted by atomic mass is 32.2. The normalized spacial score (nSPS) is 28.6. The molecule has 3 fully saturated rings. The molecule has 2 saturated carbocycles. The molecule has 4 aliphatic rings. The zero-order valence-corrected chi connectivity index (χ0v) is 29.5. The fourth-order valence-electron chi connectivity index (χ4n) is 6.28. The summed E-state index contributed by atoms with van der Waals surface area (Å²) in [5.41, 5.74) is -2.28. The van der Waals surface area contributed by atoms with E-state index >= 15 is 0 Å². The molecule has 0 spiro atoms. The van der Waals surface area contributed by atoms with E-state index in [9.17, 15) is 27.6 Å². The molecule has 15 heteroatoms. The van der Waals surface area contributed by atoms with E-state index in [2.05, 4.69) is 20.3 Å². The van der Waals surface area contributed by atoms with E-state index in [1.54, 1.807) is 27.0 Å². The Hall–Kier alpha value is -3.85. The lowest BCUT2D eigenvalue weighted by atomic mass is 10.1. The second-order valence-corrected chi connectivity index (χ2v) is 17.2. The van der Waals surface area contributed by atoms with Crippen molar-refractivity contribution in [1.29, 1.82) is 0 Å². The molecule has 2 aliphatic heterocycles. The van der Waals surface area contributed by atoms with E-state index in [0.29, 0.717) is 30.9 Å². The van der Waals surface area contributed by atoms with Gasteiger partial charge < -0.3 is 25.0 Å². The first kappa shape index (κ1) is 35.0. The van der Waals surface area contributed by atoms with Gasteiger partial charge in [-0.3, -0.25) is 19.1 Å². The Bertz CT molecular complexity index is 1750. The van der Waals surface area contributed by atoms with Crippen LogP contribution in [-0.4, -0.2) is 94.7 Å². The molecule has 49 heavy (non-hydrogen) atoms. The maximum Gasteiger partial charge on any atom is 0.408 e. The Balaban J connectivity index is 1.30. The SMILES string of the molecule is CC(C)(C)OC(=O)N[C@H]1CSCCC/C=C\C2C[C@@]2(C(=O)NS(=O)(=O)C2CC2)NC(=O)[C@@H]2CC(Oc3nccc4ccccc34)CN2C1=O. The quantitative estimate of drug-likeness (QED) is 0.378. The third kappa shape index (κ3) is 8.14. The van der Waals surface area contributed by atoms with E-state index < -0.39 is 74.3 Å². The van der Waals surface area contributed by atoms with Crippen LogP contribution in [0.15, 0.2) is 48.7 Å². The lowest BCUT2D eigenvalue weighted by Gasteiger charge is -2.30. The minimum atomic E-state index is -3.87. The fraction of sp³-hybridized carbons (Fsp3) is 0.559. The minimum absolute atomic E-state index is 0.0115. The van der Waals surface area contributed by atoms with Crippen molar-refractivity contribution in [2.75, 3.05) is 18.1 Å². The Morgan fingerprint density at radius 2 is 1.92 bits per heavy atom. The molecular formula is C34H43N5O8S2. The second kappa shape index (κ2) is 13.8. The number of aromatic nitrogens is 1. The first-order valence-electron chi connectivity index (χ1n) is 16.7. The molecule has 1 aromatic carbocycles. The molecule has 5 atom stereocenters. The number of nitrogens with one attached hydrogen (secondary N) is 3. The molecule has 0 radical (unpaired) electrons. The maximum absolute atomic E-state index is 14.3. The minimum Gasteiger partial charge on any atom is -0.472 e. The molecule has 0 bridgehead atoms. The standard InChI is InChI=1S/C34H43N5O8S2/c1-33(2,3)47-32(43)36-26-20-48-16-8-4-5-10-22-18-34(22,31(42)38-49(44,45)24-12-13-24)37-28(40)27-17-23(19-39(27)30(26)41)46-29-25-11-7-6-9-21(25)14-15-35-29/h5-7,9-11,14-15,22-24,26-27H,4,8,12-13,16-20H2,1-3H3,(H,36,43)(H,37,40)(H,38,42)/b10-5-/t22?,23?,26-,27-,34+/m0/s1. The number of thioether (sulfide) groups is 1. The van der Waals surface area contributed by atoms with Crippen molar-refractivity contribution in [3.8, 4) is 5.88 Å². The molecule has 2 aliphatic carbocycles. The first-order chi connectivity index (χ1) is 23.3. The number of carbonyl (C=O) groups is 4. The second-order valence-electron chi connectivity index (χ2n) is 14.1. The number of carbonyl (C=O) groups excluding carboxylic acids is 4. The van der Waals surface area contributed by atoms with Crippen molar-refractivity contribution in [2.45, 2.75) is 93.9 Å². The fourth-order valence-corrected chi connectivity index (χ4v) is 8.64. The predicted octanol–water partition coefficient (Wildman–Crippen LogP) is 3.04. The molecular weight excluding hydrogens is 671 g/mol. The van der Waals surface area contributed by atoms with Crippen LogP contribution < -0.4 is 20.1 Å². The van der Waals surface area contributed by atoms with Gasteiger partial charge in [0.2, 0.25) is 27.7 Å². The largest absolute Gasteiger partial charge is 0.472 e. The molecule has 13 nitrogen and oxygen atoms in total. The van der Waals surface area contributed by atoms with Crippen molar-refractivity contribution in [1.82, 2.24) is 25.2 Å². The maximum atomic E-state index is 14.3. The number of amides is 4. The first-order valence-corrected chi connectivity index (χ1v) is 19.4. The number of fused-ring (bicyclic) bond motifs is 3. The summed E-state index contributed by atoms with van der Waals surface area (Å²) in [6.07, 6.45) is 6.72. The van der Waals surface area contributed by atoms with E-state index in [4.69, 9.17) is 9.47 Å². The van der Waals surface area contributed by atoms with E-state index in [-0.39, 0.29) is 25.1 Å². The van der Waals surface area contributed by atoms with Gasteiger partial charge in [0.05, 0.1) is 11.8 Å². The highest BCUT2D eigenvalue weighted by Gasteiger charge is 2.62. The third-order valence-electron chi connectivity index (χ3n) is 9.03. The van der Waals surface area contributed by atoms with E-state index in [1.807, 2.05) is 42.5 Å². The highest BCUT2D eigenvalue weighted by molar-refractivity contribution is 7.99. The van der Waals surface area contributed by atoms with Gasteiger partial charge in [-0.2, -0.15) is 11.8 Å². The van der Waals surface area contributed by atoms with Crippen LogP contribution in [0.5, 0.6) is 5.88 Å². The Morgan fingerprint density at radius 3 is 2.67 bits per heavy atom. The van der Waals surface area contributed by atoms with Gasteiger partial charge in [-0.15, -0.1) is 0 Å². The van der Waals surface area contributed by atoms with Crippen molar-refractivity contribution in [3.63, 3.8) is 0 Å². The molecule has 1 aromatic heterocycles. The van der Waals surface area contributed by atoms with Crippen molar-refractivity contribution < 1.29 is 37.1 Å². The molecule has 264 valence electrons. The van der Waals surface area contributed by atoms with Gasteiger partial charge in [0, 0.05) is 29.7 Å². The van der Waals surface area contributed by atoms with Crippen LogP contribution in [0.4, 0.5) is 4.79 Å². The molecule has 3 heterocycles. The average Bonchev–Trinajstić information content (AvgIpc) is 3.96. The van der Waals surface area contributed by atoms with Gasteiger partial charge in [-0.25, -0.2) is 18.2 Å². The van der Waals surface area contributed by atoms with Gasteiger partial charge in [0.15, 0.2) is 0 Å². The Labute approximate surface area is 290 Å². The van der Waals surface area contributed by atoms with Gasteiger partial charge >= 0.3 is 6.09 Å². The zero-order valence-electron chi connectivity index (χ0n) is 27.8. The van der Waals surface area contributed by atoms with Crippen molar-refractivity contribution in [3.05, 3.63) is 48.7 Å². The lowest BCUT2D eigenvalue weighted by Crippen LogP contribution is -2.58. The molecule has 3 N–H and O–H groups in total. The molecule has 2 unspecified atom stereocenters. The number of allylic oxidation sites excluding steroid dienone is 1. The highest BCUT2D eigenvalue weighted by Crippen LogP contribution is 2.46.